The fourth-order valence-electron chi connectivity index (χ4n) is 2.29. The second kappa shape index (κ2) is 5.61. The number of carbonyl (C=O) groups is 1. The number of benzene rings is 1. The summed E-state index contributed by atoms with van der Waals surface area (Å²) in [6, 6.07) is 5.58. The van der Waals surface area contributed by atoms with Crippen molar-refractivity contribution in [2.45, 2.75) is 12.8 Å². The average molecular weight is 260 g/mol. The van der Waals surface area contributed by atoms with E-state index in [1.165, 1.54) is 0 Å². The molecular weight excluding hydrogens is 244 g/mol. The summed E-state index contributed by atoms with van der Waals surface area (Å²) in [4.78, 5) is 14.1. The Hall–Kier alpha value is -2.22. The maximum atomic E-state index is 12.4. The van der Waals surface area contributed by atoms with Crippen LogP contribution in [0.25, 0.3) is 0 Å². The van der Waals surface area contributed by atoms with Crippen LogP contribution in [-0.4, -0.2) is 38.1 Å². The van der Waals surface area contributed by atoms with Gasteiger partial charge in [0.25, 0.3) is 5.91 Å². The highest BCUT2D eigenvalue weighted by Crippen LogP contribution is 2.32. The molecule has 0 atom stereocenters. The molecule has 1 aliphatic heterocycles. The Morgan fingerprint density at radius 3 is 2.79 bits per heavy atom. The maximum absolute atomic E-state index is 12.4. The third-order valence-electron chi connectivity index (χ3n) is 3.28. The molecule has 0 unspecified atom stereocenters. The number of fused-ring (bicyclic) bond motifs is 1. The minimum Gasteiger partial charge on any atom is -0.497 e. The van der Waals surface area contributed by atoms with Crippen molar-refractivity contribution < 1.29 is 14.3 Å². The topological polar surface area (TPSA) is 62.6 Å². The lowest BCUT2D eigenvalue weighted by Crippen LogP contribution is -2.38. The third kappa shape index (κ3) is 2.48. The lowest BCUT2D eigenvalue weighted by Gasteiger charge is -2.29. The van der Waals surface area contributed by atoms with Gasteiger partial charge in [-0.05, 0) is 12.5 Å². The molecule has 5 heteroatoms. The van der Waals surface area contributed by atoms with Gasteiger partial charge in [-0.15, -0.1) is 0 Å². The zero-order valence-corrected chi connectivity index (χ0v) is 11.1. The van der Waals surface area contributed by atoms with Gasteiger partial charge in [0.2, 0.25) is 0 Å². The lowest BCUT2D eigenvalue weighted by molar-refractivity contribution is 0.0741. The quantitative estimate of drug-likeness (QED) is 0.825. The molecule has 100 valence electrons. The maximum Gasteiger partial charge on any atom is 0.254 e. The number of nitrogens with zero attached hydrogens (tertiary/aromatic N) is 2. The van der Waals surface area contributed by atoms with Crippen molar-refractivity contribution in [3.63, 3.8) is 0 Å². The Kier molecular flexibility index (Phi) is 3.91. The number of amides is 1. The highest BCUT2D eigenvalue weighted by molar-refractivity contribution is 5.98. The predicted octanol–water partition coefficient (Wildman–Crippen LogP) is 1.62. The first kappa shape index (κ1) is 13.2. The van der Waals surface area contributed by atoms with Gasteiger partial charge in [-0.1, -0.05) is 0 Å². The summed E-state index contributed by atoms with van der Waals surface area (Å²) < 4.78 is 10.5. The molecule has 2 rings (SSSR count). The van der Waals surface area contributed by atoms with Crippen LogP contribution in [0.2, 0.25) is 0 Å². The Balaban J connectivity index is 2.37. The Labute approximate surface area is 112 Å². The fourth-order valence-corrected chi connectivity index (χ4v) is 2.29. The van der Waals surface area contributed by atoms with E-state index in [-0.39, 0.29) is 5.91 Å². The van der Waals surface area contributed by atoms with E-state index in [9.17, 15) is 4.79 Å². The molecule has 0 N–H and O–H groups in total. The third-order valence-corrected chi connectivity index (χ3v) is 3.28. The van der Waals surface area contributed by atoms with Crippen LogP contribution in [-0.2, 0) is 6.42 Å². The molecule has 0 aromatic heterocycles. The molecule has 1 amide bonds. The van der Waals surface area contributed by atoms with Gasteiger partial charge in [-0.3, -0.25) is 4.79 Å². The average Bonchev–Trinajstić information content (AvgIpc) is 2.45. The van der Waals surface area contributed by atoms with Crippen molar-refractivity contribution in [1.82, 2.24) is 4.90 Å². The van der Waals surface area contributed by atoms with E-state index < -0.39 is 0 Å². The largest absolute Gasteiger partial charge is 0.497 e. The first-order chi connectivity index (χ1) is 9.21. The first-order valence-electron chi connectivity index (χ1n) is 6.12. The van der Waals surface area contributed by atoms with Gasteiger partial charge in [-0.2, -0.15) is 5.26 Å². The highest BCUT2D eigenvalue weighted by atomic mass is 16.5. The number of hydrogen-bond acceptors (Lipinski definition) is 4. The molecule has 0 saturated carbocycles. The van der Waals surface area contributed by atoms with Gasteiger partial charge < -0.3 is 14.4 Å². The van der Waals surface area contributed by atoms with Gasteiger partial charge >= 0.3 is 0 Å². The summed E-state index contributed by atoms with van der Waals surface area (Å²) >= 11 is 0. The molecule has 1 heterocycles. The van der Waals surface area contributed by atoms with E-state index in [0.717, 1.165) is 12.0 Å². The van der Waals surface area contributed by atoms with Gasteiger partial charge in [0.15, 0.2) is 0 Å². The zero-order chi connectivity index (χ0) is 13.8. The van der Waals surface area contributed by atoms with Crippen molar-refractivity contribution in [1.29, 1.82) is 5.26 Å². The molecule has 0 radical (unpaired) electrons. The monoisotopic (exact) mass is 260 g/mol. The van der Waals surface area contributed by atoms with Gasteiger partial charge in [0, 0.05) is 24.7 Å². The Morgan fingerprint density at radius 1 is 1.37 bits per heavy atom. The summed E-state index contributed by atoms with van der Waals surface area (Å²) in [5.74, 6) is 1.22. The highest BCUT2D eigenvalue weighted by Gasteiger charge is 2.27. The van der Waals surface area contributed by atoms with Crippen molar-refractivity contribution in [2.24, 2.45) is 0 Å². The molecule has 0 saturated heterocycles. The Morgan fingerprint density at radius 2 is 2.16 bits per heavy atom. The summed E-state index contributed by atoms with van der Waals surface area (Å²) in [7, 11) is 3.14. The van der Waals surface area contributed by atoms with Crippen molar-refractivity contribution in [3.8, 4) is 17.6 Å². The van der Waals surface area contributed by atoms with Crippen LogP contribution in [0.15, 0.2) is 12.1 Å². The van der Waals surface area contributed by atoms with Gasteiger partial charge in [0.05, 0.1) is 32.3 Å². The number of nitriles is 1. The molecule has 1 aromatic carbocycles. The zero-order valence-electron chi connectivity index (χ0n) is 11.1. The van der Waals surface area contributed by atoms with E-state index in [2.05, 4.69) is 6.07 Å². The normalized spacial score (nSPS) is 13.7. The fraction of sp³-hybridized carbons (Fsp3) is 0.429. The summed E-state index contributed by atoms with van der Waals surface area (Å²) in [6.07, 6.45) is 1.09. The van der Waals surface area contributed by atoms with Gasteiger partial charge in [-0.25, -0.2) is 0 Å². The molecule has 19 heavy (non-hydrogen) atoms. The van der Waals surface area contributed by atoms with E-state index in [0.29, 0.717) is 36.6 Å². The van der Waals surface area contributed by atoms with Crippen LogP contribution in [0.5, 0.6) is 11.5 Å². The number of rotatable bonds is 4. The number of methoxy groups -OCH3 is 2. The molecule has 1 aliphatic rings. The molecule has 1 aromatic rings. The lowest BCUT2D eigenvalue weighted by atomic mass is 9.97. The van der Waals surface area contributed by atoms with Crippen molar-refractivity contribution in [3.05, 3.63) is 23.3 Å². The predicted molar refractivity (Wildman–Crippen MR) is 69.4 cm³/mol. The van der Waals surface area contributed by atoms with Crippen LogP contribution in [0.3, 0.4) is 0 Å². The van der Waals surface area contributed by atoms with Gasteiger partial charge in [0.1, 0.15) is 11.5 Å². The molecule has 5 nitrogen and oxygen atoms in total. The Bertz CT molecular complexity index is 534. The minimum atomic E-state index is -0.0614. The second-order valence-electron chi connectivity index (χ2n) is 4.31. The molecular formula is C14H16N2O3. The number of ether oxygens (including phenoxy) is 2. The smallest absolute Gasteiger partial charge is 0.254 e. The number of carbonyl (C=O) groups excluding carboxylic acids is 1. The molecule has 0 aliphatic carbocycles. The van der Waals surface area contributed by atoms with E-state index in [1.54, 1.807) is 31.3 Å². The van der Waals surface area contributed by atoms with Crippen LogP contribution in [0, 0.1) is 11.3 Å². The molecule has 0 spiro atoms. The summed E-state index contributed by atoms with van der Waals surface area (Å²) in [5, 5.41) is 8.61. The number of hydrogen-bond donors (Lipinski definition) is 0. The first-order valence-corrected chi connectivity index (χ1v) is 6.12. The van der Waals surface area contributed by atoms with E-state index in [4.69, 9.17) is 14.7 Å². The van der Waals surface area contributed by atoms with Crippen molar-refractivity contribution in [2.75, 3.05) is 27.3 Å². The standard InChI is InChI=1S/C14H16N2O3/c1-18-10-8-12-11(13(9-10)19-2)4-7-16(14(12)17)6-3-5-15/h8-9H,3-4,6-7H2,1-2H3. The van der Waals surface area contributed by atoms with E-state index >= 15 is 0 Å². The summed E-state index contributed by atoms with van der Waals surface area (Å²) in [6.45, 7) is 1.09. The molecule has 0 bridgehead atoms. The van der Waals surface area contributed by atoms with Crippen LogP contribution in [0.1, 0.15) is 22.3 Å². The molecule has 0 fully saturated rings. The van der Waals surface area contributed by atoms with Crippen LogP contribution >= 0.6 is 0 Å². The minimum absolute atomic E-state index is 0.0614. The van der Waals surface area contributed by atoms with E-state index in [1.807, 2.05) is 0 Å². The van der Waals surface area contributed by atoms with Crippen LogP contribution < -0.4 is 9.47 Å². The summed E-state index contributed by atoms with van der Waals surface area (Å²) in [5.41, 5.74) is 1.53. The second-order valence-corrected chi connectivity index (χ2v) is 4.31. The van der Waals surface area contributed by atoms with Crippen LogP contribution in [0.4, 0.5) is 0 Å². The SMILES string of the molecule is COc1cc(OC)c2c(c1)C(=O)N(CCC#N)CC2. The van der Waals surface area contributed by atoms with Crippen molar-refractivity contribution >= 4 is 5.91 Å².